The maximum atomic E-state index is 12.4. The van der Waals surface area contributed by atoms with E-state index in [0.717, 1.165) is 60.1 Å². The molecule has 0 amide bonds. The van der Waals surface area contributed by atoms with Gasteiger partial charge >= 0.3 is 5.63 Å². The molecule has 2 heterocycles. The van der Waals surface area contributed by atoms with E-state index in [0.29, 0.717) is 18.2 Å². The molecule has 150 valence electrons. The molecule has 1 aliphatic carbocycles. The van der Waals surface area contributed by atoms with Crippen LogP contribution in [0.3, 0.4) is 0 Å². The first-order valence-corrected chi connectivity index (χ1v) is 10.7. The van der Waals surface area contributed by atoms with Crippen LogP contribution in [0.25, 0.3) is 11.0 Å². The first-order valence-electron chi connectivity index (χ1n) is 10.7. The van der Waals surface area contributed by atoms with Crippen LogP contribution >= 0.6 is 0 Å². The van der Waals surface area contributed by atoms with Crippen LogP contribution in [0, 0.1) is 6.92 Å². The van der Waals surface area contributed by atoms with Gasteiger partial charge in [0.15, 0.2) is 6.73 Å². The highest BCUT2D eigenvalue weighted by Crippen LogP contribution is 2.39. The number of rotatable bonds is 3. The fourth-order valence-corrected chi connectivity index (χ4v) is 4.75. The Labute approximate surface area is 171 Å². The minimum atomic E-state index is -0.174. The molecule has 4 nitrogen and oxygen atoms in total. The molecule has 3 aromatic rings. The third-order valence-electron chi connectivity index (χ3n) is 6.69. The van der Waals surface area contributed by atoms with Gasteiger partial charge < -0.3 is 14.1 Å². The molecule has 0 radical (unpaired) electrons. The van der Waals surface area contributed by atoms with Crippen LogP contribution in [0.1, 0.15) is 60.4 Å². The monoisotopic (exact) mass is 389 g/mol. The number of fused-ring (bicyclic) bond motifs is 4. The second-order valence-corrected chi connectivity index (χ2v) is 8.44. The summed E-state index contributed by atoms with van der Waals surface area (Å²) in [5, 5.41) is 1.09. The molecular formula is C25H27NO3. The topological polar surface area (TPSA) is 42.7 Å². The summed E-state index contributed by atoms with van der Waals surface area (Å²) in [6.07, 6.45) is 3.96. The summed E-state index contributed by atoms with van der Waals surface area (Å²) in [6.45, 7) is 7.78. The van der Waals surface area contributed by atoms with Crippen LogP contribution in [0.5, 0.6) is 5.75 Å². The largest absolute Gasteiger partial charge is 0.472 e. The molecular weight excluding hydrogens is 362 g/mol. The average Bonchev–Trinajstić information content (AvgIpc) is 3.25. The van der Waals surface area contributed by atoms with Crippen molar-refractivity contribution >= 4 is 16.7 Å². The number of ether oxygens (including phenoxy) is 1. The molecule has 0 saturated heterocycles. The van der Waals surface area contributed by atoms with Gasteiger partial charge in [-0.1, -0.05) is 26.0 Å². The molecule has 0 unspecified atom stereocenters. The van der Waals surface area contributed by atoms with Gasteiger partial charge in [-0.05, 0) is 67.9 Å². The zero-order valence-corrected chi connectivity index (χ0v) is 17.4. The zero-order chi connectivity index (χ0) is 20.1. The van der Waals surface area contributed by atoms with Gasteiger partial charge in [0.2, 0.25) is 0 Å². The van der Waals surface area contributed by atoms with Gasteiger partial charge in [-0.3, -0.25) is 0 Å². The predicted octanol–water partition coefficient (Wildman–Crippen LogP) is 5.46. The maximum Gasteiger partial charge on any atom is 0.339 e. The molecule has 0 spiro atoms. The number of benzene rings is 2. The van der Waals surface area contributed by atoms with E-state index in [1.165, 1.54) is 16.8 Å². The number of hydrogen-bond acceptors (Lipinski definition) is 4. The Hall–Kier alpha value is -2.75. The lowest BCUT2D eigenvalue weighted by Gasteiger charge is -2.32. The normalized spacial score (nSPS) is 16.4. The summed E-state index contributed by atoms with van der Waals surface area (Å²) in [5.74, 6) is 1.44. The van der Waals surface area contributed by atoms with Crippen LogP contribution in [0.4, 0.5) is 5.69 Å². The lowest BCUT2D eigenvalue weighted by Crippen LogP contribution is -2.32. The van der Waals surface area contributed by atoms with E-state index in [4.69, 9.17) is 9.15 Å². The third kappa shape index (κ3) is 2.93. The fraction of sp³-hybridized carbons (Fsp3) is 0.400. The van der Waals surface area contributed by atoms with Crippen LogP contribution in [0.2, 0.25) is 0 Å². The third-order valence-corrected chi connectivity index (χ3v) is 6.69. The molecule has 1 aromatic heterocycles. The first-order chi connectivity index (χ1) is 14.1. The van der Waals surface area contributed by atoms with Crippen LogP contribution in [0.15, 0.2) is 39.5 Å². The highest BCUT2D eigenvalue weighted by Gasteiger charge is 2.26. The molecule has 0 N–H and O–H groups in total. The number of anilines is 1. The summed E-state index contributed by atoms with van der Waals surface area (Å²) in [4.78, 5) is 14.6. The lowest BCUT2D eigenvalue weighted by molar-refractivity contribution is 0.287. The predicted molar refractivity (Wildman–Crippen MR) is 116 cm³/mol. The molecule has 0 fully saturated rings. The van der Waals surface area contributed by atoms with Crippen molar-refractivity contribution in [3.8, 4) is 5.75 Å². The molecule has 1 atom stereocenters. The fourth-order valence-electron chi connectivity index (χ4n) is 4.75. The Morgan fingerprint density at radius 3 is 2.66 bits per heavy atom. The van der Waals surface area contributed by atoms with E-state index < -0.39 is 0 Å². The highest BCUT2D eigenvalue weighted by atomic mass is 16.5. The minimum absolute atomic E-state index is 0.174. The summed E-state index contributed by atoms with van der Waals surface area (Å²) >= 11 is 0. The molecule has 1 aliphatic heterocycles. The van der Waals surface area contributed by atoms with E-state index >= 15 is 0 Å². The smallest absolute Gasteiger partial charge is 0.339 e. The maximum absolute atomic E-state index is 12.4. The lowest BCUT2D eigenvalue weighted by atomic mass is 9.97. The van der Waals surface area contributed by atoms with E-state index in [9.17, 15) is 4.79 Å². The van der Waals surface area contributed by atoms with E-state index in [2.05, 4.69) is 49.1 Å². The number of nitrogens with zero attached hydrogens (tertiary/aromatic N) is 1. The highest BCUT2D eigenvalue weighted by molar-refractivity contribution is 5.87. The number of hydrogen-bond donors (Lipinski definition) is 0. The van der Waals surface area contributed by atoms with Crippen molar-refractivity contribution < 1.29 is 9.15 Å². The molecule has 5 rings (SSSR count). The molecule has 29 heavy (non-hydrogen) atoms. The molecule has 2 aromatic carbocycles. The minimum Gasteiger partial charge on any atom is -0.472 e. The Kier molecular flexibility index (Phi) is 4.38. The van der Waals surface area contributed by atoms with Crippen molar-refractivity contribution in [3.05, 3.63) is 68.6 Å². The van der Waals surface area contributed by atoms with Gasteiger partial charge in [-0.2, -0.15) is 0 Å². The number of aryl methyl sites for hydroxylation is 2. The Bertz CT molecular complexity index is 1140. The summed E-state index contributed by atoms with van der Waals surface area (Å²) in [5.41, 5.74) is 7.22. The van der Waals surface area contributed by atoms with Crippen molar-refractivity contribution in [2.75, 3.05) is 11.6 Å². The van der Waals surface area contributed by atoms with Crippen LogP contribution in [-0.4, -0.2) is 6.73 Å². The Morgan fingerprint density at radius 2 is 1.90 bits per heavy atom. The standard InChI is InChI=1S/C25H27NO3/c1-4-15(2)17-8-10-19(11-9-17)26-13-18-12-22-20-6-5-7-21(20)25(27)29-24(22)16(3)23(18)28-14-26/h8-12,15H,4-7,13-14H2,1-3H3/t15-/m1/s1. The summed E-state index contributed by atoms with van der Waals surface area (Å²) in [6, 6.07) is 11.0. The Balaban J connectivity index is 1.53. The van der Waals surface area contributed by atoms with Gasteiger partial charge in [-0.15, -0.1) is 0 Å². The molecule has 0 saturated carbocycles. The summed E-state index contributed by atoms with van der Waals surface area (Å²) < 4.78 is 11.9. The zero-order valence-electron chi connectivity index (χ0n) is 17.4. The van der Waals surface area contributed by atoms with Gasteiger partial charge in [0, 0.05) is 34.3 Å². The second-order valence-electron chi connectivity index (χ2n) is 8.44. The SMILES string of the molecule is CC[C@@H](C)c1ccc(N2COc3c(cc4c5c(c(=O)oc4c3C)CCC5)C2)cc1. The van der Waals surface area contributed by atoms with Gasteiger partial charge in [-0.25, -0.2) is 4.79 Å². The quantitative estimate of drug-likeness (QED) is 0.558. The van der Waals surface area contributed by atoms with Crippen molar-refractivity contribution in [1.29, 1.82) is 0 Å². The average molecular weight is 389 g/mol. The Morgan fingerprint density at radius 1 is 1.14 bits per heavy atom. The van der Waals surface area contributed by atoms with Crippen molar-refractivity contribution in [3.63, 3.8) is 0 Å². The van der Waals surface area contributed by atoms with Crippen LogP contribution < -0.4 is 15.3 Å². The molecule has 0 bridgehead atoms. The molecule has 2 aliphatic rings. The molecule has 4 heteroatoms. The van der Waals surface area contributed by atoms with E-state index in [1.54, 1.807) is 0 Å². The van der Waals surface area contributed by atoms with Crippen molar-refractivity contribution in [1.82, 2.24) is 0 Å². The van der Waals surface area contributed by atoms with Gasteiger partial charge in [0.25, 0.3) is 0 Å². The van der Waals surface area contributed by atoms with E-state index in [1.807, 2.05) is 6.92 Å². The second kappa shape index (κ2) is 6.94. The van der Waals surface area contributed by atoms with Gasteiger partial charge in [0.1, 0.15) is 11.3 Å². The van der Waals surface area contributed by atoms with E-state index in [-0.39, 0.29) is 5.63 Å². The summed E-state index contributed by atoms with van der Waals surface area (Å²) in [7, 11) is 0. The van der Waals surface area contributed by atoms with Gasteiger partial charge in [0.05, 0.1) is 0 Å². The van der Waals surface area contributed by atoms with Crippen molar-refractivity contribution in [2.45, 2.75) is 58.9 Å². The van der Waals surface area contributed by atoms with Crippen LogP contribution in [-0.2, 0) is 19.4 Å². The first kappa shape index (κ1) is 18.3. The van der Waals surface area contributed by atoms with Crippen molar-refractivity contribution in [2.24, 2.45) is 0 Å².